The van der Waals surface area contributed by atoms with Gasteiger partial charge >= 0.3 is 0 Å². The third-order valence-electron chi connectivity index (χ3n) is 4.81. The minimum Gasteiger partial charge on any atom is -0.453 e. The number of benzene rings is 2. The van der Waals surface area contributed by atoms with Gasteiger partial charge in [0, 0.05) is 30.4 Å². The molecule has 2 aromatic carbocycles. The first-order valence-electron chi connectivity index (χ1n) is 9.69. The number of carbonyl (C=O) groups excluding carboxylic acids is 1. The van der Waals surface area contributed by atoms with Crippen molar-refractivity contribution in [2.45, 2.75) is 25.4 Å². The van der Waals surface area contributed by atoms with Crippen molar-refractivity contribution in [1.82, 2.24) is 9.88 Å². The van der Waals surface area contributed by atoms with Crippen LogP contribution in [0.5, 0.6) is 11.5 Å². The molecule has 4 nitrogen and oxygen atoms in total. The SMILES string of the molecule is O=C(/C=C/c1ccc(Oc2cccnc2)c(F)c1)N(Cc1ccccc1F)C1CC1. The molecule has 30 heavy (non-hydrogen) atoms. The van der Waals surface area contributed by atoms with Crippen LogP contribution in [0.4, 0.5) is 8.78 Å². The minimum atomic E-state index is -0.543. The number of amides is 1. The number of aromatic nitrogens is 1. The summed E-state index contributed by atoms with van der Waals surface area (Å²) in [5.74, 6) is -0.587. The summed E-state index contributed by atoms with van der Waals surface area (Å²) < 4.78 is 33.8. The van der Waals surface area contributed by atoms with Crippen molar-refractivity contribution in [2.75, 3.05) is 0 Å². The van der Waals surface area contributed by atoms with Crippen molar-refractivity contribution in [3.8, 4) is 11.5 Å². The summed E-state index contributed by atoms with van der Waals surface area (Å²) in [4.78, 5) is 18.3. The number of hydrogen-bond acceptors (Lipinski definition) is 3. The van der Waals surface area contributed by atoms with Crippen LogP contribution in [0.1, 0.15) is 24.0 Å². The van der Waals surface area contributed by atoms with E-state index in [-0.39, 0.29) is 30.1 Å². The van der Waals surface area contributed by atoms with Gasteiger partial charge in [-0.3, -0.25) is 9.78 Å². The molecule has 0 bridgehead atoms. The molecule has 0 atom stereocenters. The normalized spacial score (nSPS) is 13.4. The Morgan fingerprint density at radius 2 is 1.93 bits per heavy atom. The molecule has 1 amide bonds. The summed E-state index contributed by atoms with van der Waals surface area (Å²) in [6.45, 7) is 0.215. The summed E-state index contributed by atoms with van der Waals surface area (Å²) in [5.41, 5.74) is 1.01. The molecule has 1 fully saturated rings. The second-order valence-corrected chi connectivity index (χ2v) is 7.10. The fourth-order valence-corrected chi connectivity index (χ4v) is 3.08. The number of pyridine rings is 1. The Labute approximate surface area is 173 Å². The summed E-state index contributed by atoms with van der Waals surface area (Å²) >= 11 is 0. The van der Waals surface area contributed by atoms with Gasteiger partial charge in [-0.05, 0) is 54.8 Å². The standard InChI is InChI=1S/C24H20F2N2O2/c25-21-6-2-1-4-18(21)16-28(19-9-10-19)24(29)12-8-17-7-11-23(22(26)14-17)30-20-5-3-13-27-15-20/h1-8,11-15,19H,9-10,16H2/b12-8+. The van der Waals surface area contributed by atoms with Crippen LogP contribution in [-0.4, -0.2) is 21.8 Å². The Morgan fingerprint density at radius 1 is 1.10 bits per heavy atom. The first-order valence-corrected chi connectivity index (χ1v) is 9.69. The Bertz CT molecular complexity index is 1070. The fourth-order valence-electron chi connectivity index (χ4n) is 3.08. The Morgan fingerprint density at radius 3 is 2.63 bits per heavy atom. The van der Waals surface area contributed by atoms with Gasteiger partial charge in [0.2, 0.25) is 5.91 Å². The Hall–Kier alpha value is -3.54. The van der Waals surface area contributed by atoms with Gasteiger partial charge in [0.1, 0.15) is 11.6 Å². The smallest absolute Gasteiger partial charge is 0.247 e. The van der Waals surface area contributed by atoms with E-state index in [1.165, 1.54) is 30.5 Å². The molecule has 0 spiro atoms. The highest BCUT2D eigenvalue weighted by Gasteiger charge is 2.32. The molecule has 0 unspecified atom stereocenters. The van der Waals surface area contributed by atoms with Gasteiger partial charge in [-0.2, -0.15) is 0 Å². The topological polar surface area (TPSA) is 42.4 Å². The van der Waals surface area contributed by atoms with E-state index in [1.54, 1.807) is 53.6 Å². The third kappa shape index (κ3) is 4.89. The minimum absolute atomic E-state index is 0.0747. The van der Waals surface area contributed by atoms with Crippen LogP contribution < -0.4 is 4.74 Å². The molecule has 1 aromatic heterocycles. The zero-order valence-corrected chi connectivity index (χ0v) is 16.2. The molecular weight excluding hydrogens is 386 g/mol. The molecule has 6 heteroatoms. The second-order valence-electron chi connectivity index (χ2n) is 7.10. The van der Waals surface area contributed by atoms with Crippen molar-refractivity contribution >= 4 is 12.0 Å². The average molecular weight is 406 g/mol. The monoisotopic (exact) mass is 406 g/mol. The van der Waals surface area contributed by atoms with E-state index in [4.69, 9.17) is 4.74 Å². The van der Waals surface area contributed by atoms with E-state index in [2.05, 4.69) is 4.98 Å². The first-order chi connectivity index (χ1) is 14.6. The molecule has 1 aliphatic carbocycles. The largest absolute Gasteiger partial charge is 0.453 e. The molecule has 1 heterocycles. The molecule has 4 rings (SSSR count). The van der Waals surface area contributed by atoms with Gasteiger partial charge < -0.3 is 9.64 Å². The predicted molar refractivity (Wildman–Crippen MR) is 110 cm³/mol. The number of hydrogen-bond donors (Lipinski definition) is 0. The zero-order valence-electron chi connectivity index (χ0n) is 16.2. The van der Waals surface area contributed by atoms with E-state index in [9.17, 15) is 13.6 Å². The highest BCUT2D eigenvalue weighted by atomic mass is 19.1. The average Bonchev–Trinajstić information content (AvgIpc) is 3.59. The van der Waals surface area contributed by atoms with Crippen molar-refractivity contribution in [3.05, 3.63) is 95.8 Å². The number of nitrogens with zero attached hydrogens (tertiary/aromatic N) is 2. The van der Waals surface area contributed by atoms with Gasteiger partial charge in [0.15, 0.2) is 11.6 Å². The van der Waals surface area contributed by atoms with E-state index < -0.39 is 5.82 Å². The van der Waals surface area contributed by atoms with E-state index in [0.717, 1.165) is 12.8 Å². The maximum atomic E-state index is 14.4. The maximum absolute atomic E-state index is 14.4. The Kier molecular flexibility index (Phi) is 5.84. The molecule has 152 valence electrons. The van der Waals surface area contributed by atoms with E-state index >= 15 is 0 Å². The highest BCUT2D eigenvalue weighted by molar-refractivity contribution is 5.92. The molecule has 0 saturated heterocycles. The predicted octanol–water partition coefficient (Wildman–Crippen LogP) is 5.36. The van der Waals surface area contributed by atoms with Crippen LogP contribution in [0.15, 0.2) is 73.1 Å². The van der Waals surface area contributed by atoms with Gasteiger partial charge in [-0.1, -0.05) is 24.3 Å². The lowest BCUT2D eigenvalue weighted by atomic mass is 10.1. The van der Waals surface area contributed by atoms with Crippen LogP contribution >= 0.6 is 0 Å². The maximum Gasteiger partial charge on any atom is 0.247 e. The van der Waals surface area contributed by atoms with Gasteiger partial charge in [0.05, 0.1) is 6.20 Å². The van der Waals surface area contributed by atoms with Gasteiger partial charge in [-0.25, -0.2) is 8.78 Å². The van der Waals surface area contributed by atoms with Gasteiger partial charge in [0.25, 0.3) is 0 Å². The number of halogens is 2. The molecule has 0 N–H and O–H groups in total. The quantitative estimate of drug-likeness (QED) is 0.496. The van der Waals surface area contributed by atoms with Gasteiger partial charge in [-0.15, -0.1) is 0 Å². The molecule has 3 aromatic rings. The molecule has 0 radical (unpaired) electrons. The molecular formula is C24H20F2N2O2. The van der Waals surface area contributed by atoms with Crippen LogP contribution in [0, 0.1) is 11.6 Å². The summed E-state index contributed by atoms with van der Waals surface area (Å²) in [6, 6.07) is 14.4. The second kappa shape index (κ2) is 8.86. The van der Waals surface area contributed by atoms with Crippen molar-refractivity contribution in [3.63, 3.8) is 0 Å². The summed E-state index contributed by atoms with van der Waals surface area (Å²) in [7, 11) is 0. The fraction of sp³-hybridized carbons (Fsp3) is 0.167. The summed E-state index contributed by atoms with van der Waals surface area (Å²) in [6.07, 6.45) is 7.86. The van der Waals surface area contributed by atoms with Crippen LogP contribution in [0.3, 0.4) is 0 Å². The van der Waals surface area contributed by atoms with Crippen LogP contribution in [-0.2, 0) is 11.3 Å². The van der Waals surface area contributed by atoms with Crippen molar-refractivity contribution < 1.29 is 18.3 Å². The van der Waals surface area contributed by atoms with Crippen LogP contribution in [0.25, 0.3) is 6.08 Å². The first kappa shape index (κ1) is 19.8. The summed E-state index contributed by atoms with van der Waals surface area (Å²) in [5, 5.41) is 0. The number of ether oxygens (including phenoxy) is 1. The highest BCUT2D eigenvalue weighted by Crippen LogP contribution is 2.29. The zero-order chi connectivity index (χ0) is 20.9. The lowest BCUT2D eigenvalue weighted by molar-refractivity contribution is -0.127. The number of rotatable bonds is 7. The van der Waals surface area contributed by atoms with E-state index in [1.807, 2.05) is 0 Å². The lowest BCUT2D eigenvalue weighted by Gasteiger charge is -2.21. The third-order valence-corrected chi connectivity index (χ3v) is 4.81. The van der Waals surface area contributed by atoms with E-state index in [0.29, 0.717) is 16.9 Å². The lowest BCUT2D eigenvalue weighted by Crippen LogP contribution is -2.31. The Balaban J connectivity index is 1.45. The molecule has 0 aliphatic heterocycles. The van der Waals surface area contributed by atoms with Crippen LogP contribution in [0.2, 0.25) is 0 Å². The van der Waals surface area contributed by atoms with Crippen molar-refractivity contribution in [2.24, 2.45) is 0 Å². The molecule has 1 saturated carbocycles. The number of carbonyl (C=O) groups is 1. The molecule has 1 aliphatic rings. The van der Waals surface area contributed by atoms with Crippen molar-refractivity contribution in [1.29, 1.82) is 0 Å².